The third kappa shape index (κ3) is 5.46. The minimum atomic E-state index is -0.532. The molecule has 0 aliphatic heterocycles. The Labute approximate surface area is 190 Å². The molecule has 7 nitrogen and oxygen atoms in total. The van der Waals surface area contributed by atoms with E-state index in [1.807, 2.05) is 30.3 Å². The third-order valence-corrected chi connectivity index (χ3v) is 4.96. The summed E-state index contributed by atoms with van der Waals surface area (Å²) in [6.45, 7) is 1.86. The van der Waals surface area contributed by atoms with E-state index in [0.717, 1.165) is 5.56 Å². The lowest BCUT2D eigenvalue weighted by Gasteiger charge is -2.13. The molecule has 33 heavy (non-hydrogen) atoms. The van der Waals surface area contributed by atoms with Crippen LogP contribution in [-0.4, -0.2) is 11.8 Å². The molecule has 2 amide bonds. The summed E-state index contributed by atoms with van der Waals surface area (Å²) in [7, 11) is 0. The van der Waals surface area contributed by atoms with Gasteiger partial charge in [0, 0.05) is 42.2 Å². The number of anilines is 1. The van der Waals surface area contributed by atoms with Crippen molar-refractivity contribution in [2.75, 3.05) is 5.32 Å². The molecule has 0 fully saturated rings. The molecule has 0 radical (unpaired) electrons. The predicted octanol–water partition coefficient (Wildman–Crippen LogP) is 4.26. The van der Waals surface area contributed by atoms with E-state index in [0.29, 0.717) is 40.1 Å². The Kier molecular flexibility index (Phi) is 6.50. The molecule has 4 rings (SSSR count). The van der Waals surface area contributed by atoms with E-state index < -0.39 is 5.63 Å². The minimum absolute atomic E-state index is 0.0601. The first-order valence-electron chi connectivity index (χ1n) is 10.4. The third-order valence-electron chi connectivity index (χ3n) is 4.96. The summed E-state index contributed by atoms with van der Waals surface area (Å²) < 4.78 is 11.2. The molecule has 0 unspecified atom stereocenters. The Morgan fingerprint density at radius 1 is 0.939 bits per heavy atom. The average molecular weight is 442 g/mol. The van der Waals surface area contributed by atoms with Gasteiger partial charge in [0.25, 0.3) is 5.91 Å². The summed E-state index contributed by atoms with van der Waals surface area (Å²) in [6, 6.07) is 23.0. The summed E-state index contributed by atoms with van der Waals surface area (Å²) in [4.78, 5) is 36.1. The highest BCUT2D eigenvalue weighted by molar-refractivity contribution is 5.97. The molecule has 0 bridgehead atoms. The molecule has 1 aromatic heterocycles. The van der Waals surface area contributed by atoms with Crippen LogP contribution < -0.4 is 21.0 Å². The van der Waals surface area contributed by atoms with Crippen LogP contribution in [0.1, 0.15) is 28.4 Å². The Morgan fingerprint density at radius 2 is 1.70 bits per heavy atom. The van der Waals surface area contributed by atoms with Gasteiger partial charge in [-0.1, -0.05) is 42.5 Å². The second kappa shape index (κ2) is 9.82. The zero-order valence-corrected chi connectivity index (χ0v) is 18.0. The van der Waals surface area contributed by atoms with Crippen molar-refractivity contribution >= 4 is 28.5 Å². The van der Waals surface area contributed by atoms with Gasteiger partial charge >= 0.3 is 5.63 Å². The molecule has 166 valence electrons. The molecule has 7 heteroatoms. The Morgan fingerprint density at radius 3 is 2.48 bits per heavy atom. The van der Waals surface area contributed by atoms with Gasteiger partial charge in [0.05, 0.1) is 5.56 Å². The molecular weight excluding hydrogens is 420 g/mol. The summed E-state index contributed by atoms with van der Waals surface area (Å²) in [5, 5.41) is 6.23. The van der Waals surface area contributed by atoms with Gasteiger partial charge in [-0.25, -0.2) is 4.79 Å². The Bertz CT molecular complexity index is 1360. The molecule has 3 aromatic carbocycles. The average Bonchev–Trinajstić information content (AvgIpc) is 2.81. The maximum absolute atomic E-state index is 12.8. The topological polar surface area (TPSA) is 97.6 Å². The lowest BCUT2D eigenvalue weighted by molar-refractivity contribution is -0.114. The van der Waals surface area contributed by atoms with Gasteiger partial charge in [0.15, 0.2) is 0 Å². The number of para-hydroxylation sites is 1. The number of hydrogen-bond donors (Lipinski definition) is 2. The van der Waals surface area contributed by atoms with E-state index in [1.54, 1.807) is 42.5 Å². The number of benzene rings is 3. The Balaban J connectivity index is 1.53. The first-order valence-corrected chi connectivity index (χ1v) is 10.4. The molecule has 0 aliphatic carbocycles. The van der Waals surface area contributed by atoms with E-state index in [1.165, 1.54) is 13.0 Å². The first kappa shape index (κ1) is 21.8. The van der Waals surface area contributed by atoms with Crippen LogP contribution in [0.4, 0.5) is 5.69 Å². The maximum atomic E-state index is 12.8. The summed E-state index contributed by atoms with van der Waals surface area (Å²) >= 11 is 0. The van der Waals surface area contributed by atoms with Gasteiger partial charge in [-0.3, -0.25) is 9.59 Å². The van der Waals surface area contributed by atoms with Crippen LogP contribution >= 0.6 is 0 Å². The van der Waals surface area contributed by atoms with Gasteiger partial charge in [0.2, 0.25) is 5.91 Å². The first-order chi connectivity index (χ1) is 16.0. The number of carbonyl (C=O) groups excluding carboxylic acids is 2. The van der Waals surface area contributed by atoms with Crippen molar-refractivity contribution in [3.8, 4) is 5.75 Å². The number of nitrogens with one attached hydrogen (secondary N) is 2. The molecule has 2 N–H and O–H groups in total. The molecule has 0 saturated heterocycles. The van der Waals surface area contributed by atoms with E-state index in [2.05, 4.69) is 10.6 Å². The second-order valence-corrected chi connectivity index (χ2v) is 7.44. The normalized spacial score (nSPS) is 10.6. The van der Waals surface area contributed by atoms with E-state index in [4.69, 9.17) is 9.15 Å². The highest BCUT2D eigenvalue weighted by Gasteiger charge is 2.14. The monoisotopic (exact) mass is 442 g/mol. The van der Waals surface area contributed by atoms with Gasteiger partial charge in [-0.15, -0.1) is 0 Å². The molecule has 0 aliphatic rings. The van der Waals surface area contributed by atoms with Gasteiger partial charge in [0.1, 0.15) is 17.9 Å². The van der Waals surface area contributed by atoms with Crippen LogP contribution in [0.3, 0.4) is 0 Å². The fraction of sp³-hybridized carbons (Fsp3) is 0.115. The van der Waals surface area contributed by atoms with Crippen LogP contribution in [0.5, 0.6) is 5.75 Å². The van der Waals surface area contributed by atoms with Crippen LogP contribution in [0.25, 0.3) is 11.0 Å². The zero-order valence-electron chi connectivity index (χ0n) is 18.0. The second-order valence-electron chi connectivity index (χ2n) is 7.44. The summed E-state index contributed by atoms with van der Waals surface area (Å²) in [6.07, 6.45) is 0. The van der Waals surface area contributed by atoms with Crippen LogP contribution in [-0.2, 0) is 17.9 Å². The fourth-order valence-corrected chi connectivity index (χ4v) is 3.44. The molecule has 0 atom stereocenters. The Hall–Kier alpha value is -4.39. The SMILES string of the molecule is CC(=O)Nc1ccc2c(COc3ccccc3C(=O)NCc3ccccc3)cc(=O)oc2c1. The van der Waals surface area contributed by atoms with Gasteiger partial charge in [-0.05, 0) is 29.8 Å². The molecular formula is C26H22N2O5. The number of rotatable bonds is 7. The number of carbonyl (C=O) groups is 2. The van der Waals surface area contributed by atoms with E-state index >= 15 is 0 Å². The lowest BCUT2D eigenvalue weighted by Crippen LogP contribution is -2.23. The van der Waals surface area contributed by atoms with Crippen molar-refractivity contribution in [2.24, 2.45) is 0 Å². The van der Waals surface area contributed by atoms with Gasteiger partial charge < -0.3 is 19.8 Å². The molecule has 0 spiro atoms. The van der Waals surface area contributed by atoms with E-state index in [-0.39, 0.29) is 18.4 Å². The minimum Gasteiger partial charge on any atom is -0.488 e. The molecule has 4 aromatic rings. The quantitative estimate of drug-likeness (QED) is 0.417. The summed E-state index contributed by atoms with van der Waals surface area (Å²) in [5.74, 6) is -0.0792. The predicted molar refractivity (Wildman–Crippen MR) is 125 cm³/mol. The lowest BCUT2D eigenvalue weighted by atomic mass is 10.1. The van der Waals surface area contributed by atoms with E-state index in [9.17, 15) is 14.4 Å². The van der Waals surface area contributed by atoms with Crippen molar-refractivity contribution in [1.29, 1.82) is 0 Å². The van der Waals surface area contributed by atoms with Crippen LogP contribution in [0, 0.1) is 0 Å². The van der Waals surface area contributed by atoms with Crippen LogP contribution in [0.2, 0.25) is 0 Å². The number of hydrogen-bond acceptors (Lipinski definition) is 5. The van der Waals surface area contributed by atoms with Crippen LogP contribution in [0.15, 0.2) is 88.1 Å². The fourth-order valence-electron chi connectivity index (χ4n) is 3.44. The molecule has 1 heterocycles. The zero-order chi connectivity index (χ0) is 23.2. The van der Waals surface area contributed by atoms with Crippen molar-refractivity contribution in [3.05, 3.63) is 106 Å². The van der Waals surface area contributed by atoms with Crippen molar-refractivity contribution < 1.29 is 18.7 Å². The standard InChI is InChI=1S/C26H22N2O5/c1-17(29)28-20-11-12-21-19(13-25(30)33-24(21)14-20)16-32-23-10-6-5-9-22(23)26(31)27-15-18-7-3-2-4-8-18/h2-14H,15-16H2,1H3,(H,27,31)(H,28,29). The molecule has 0 saturated carbocycles. The highest BCUT2D eigenvalue weighted by Crippen LogP contribution is 2.24. The summed E-state index contributed by atoms with van der Waals surface area (Å²) in [5.41, 5.74) is 2.32. The largest absolute Gasteiger partial charge is 0.488 e. The van der Waals surface area contributed by atoms with Gasteiger partial charge in [-0.2, -0.15) is 0 Å². The van der Waals surface area contributed by atoms with Crippen molar-refractivity contribution in [1.82, 2.24) is 5.32 Å². The smallest absolute Gasteiger partial charge is 0.336 e. The maximum Gasteiger partial charge on any atom is 0.336 e. The number of amides is 2. The highest BCUT2D eigenvalue weighted by atomic mass is 16.5. The van der Waals surface area contributed by atoms with Crippen molar-refractivity contribution in [3.63, 3.8) is 0 Å². The number of ether oxygens (including phenoxy) is 1. The van der Waals surface area contributed by atoms with Crippen molar-refractivity contribution in [2.45, 2.75) is 20.1 Å². The number of fused-ring (bicyclic) bond motifs is 1.